The van der Waals surface area contributed by atoms with Crippen molar-refractivity contribution in [3.63, 3.8) is 0 Å². The molecule has 0 aliphatic heterocycles. The minimum atomic E-state index is -0.879. The molecule has 0 aliphatic carbocycles. The van der Waals surface area contributed by atoms with Gasteiger partial charge < -0.3 is 10.4 Å². The number of carbonyl (C=O) groups excluding carboxylic acids is 1. The second-order valence-electron chi connectivity index (χ2n) is 4.28. The third-order valence-electron chi connectivity index (χ3n) is 2.60. The third kappa shape index (κ3) is 5.49. The smallest absolute Gasteiger partial charge is 0.303 e. The van der Waals surface area contributed by atoms with Gasteiger partial charge in [0, 0.05) is 22.5 Å². The van der Waals surface area contributed by atoms with Crippen LogP contribution >= 0.6 is 23.2 Å². The number of nitrogens with one attached hydrogen (secondary N) is 1. The molecule has 1 unspecified atom stereocenters. The zero-order valence-electron chi connectivity index (χ0n) is 10.5. The Bertz CT molecular complexity index is 457. The molecular formula is C13H15Cl2NO3. The van der Waals surface area contributed by atoms with Gasteiger partial charge in [0.15, 0.2) is 0 Å². The van der Waals surface area contributed by atoms with E-state index in [2.05, 4.69) is 5.32 Å². The highest BCUT2D eigenvalue weighted by Gasteiger charge is 2.13. The average molecular weight is 304 g/mol. The molecule has 1 atom stereocenters. The zero-order valence-corrected chi connectivity index (χ0v) is 12.0. The number of benzene rings is 1. The van der Waals surface area contributed by atoms with Crippen molar-refractivity contribution >= 4 is 35.1 Å². The van der Waals surface area contributed by atoms with Gasteiger partial charge >= 0.3 is 5.97 Å². The number of hydrogen-bond acceptors (Lipinski definition) is 2. The molecule has 0 spiro atoms. The van der Waals surface area contributed by atoms with E-state index in [1.165, 1.54) is 0 Å². The highest BCUT2D eigenvalue weighted by atomic mass is 35.5. The lowest BCUT2D eigenvalue weighted by molar-refractivity contribution is -0.137. The molecule has 0 fully saturated rings. The maximum Gasteiger partial charge on any atom is 0.303 e. The Balaban J connectivity index is 2.53. The van der Waals surface area contributed by atoms with Gasteiger partial charge in [0.25, 0.3) is 0 Å². The number of carboxylic acid groups (broad SMARTS) is 1. The second-order valence-corrected chi connectivity index (χ2v) is 5.09. The summed E-state index contributed by atoms with van der Waals surface area (Å²) in [4.78, 5) is 22.2. The number of hydrogen-bond donors (Lipinski definition) is 2. The molecule has 6 heteroatoms. The Labute approximate surface area is 121 Å². The van der Waals surface area contributed by atoms with E-state index >= 15 is 0 Å². The van der Waals surface area contributed by atoms with Crippen LogP contribution in [0.4, 0.5) is 0 Å². The molecule has 2 N–H and O–H groups in total. The predicted molar refractivity (Wildman–Crippen MR) is 74.6 cm³/mol. The first kappa shape index (κ1) is 15.8. The van der Waals surface area contributed by atoms with E-state index in [9.17, 15) is 9.59 Å². The number of aliphatic carboxylic acids is 1. The molecule has 4 nitrogen and oxygen atoms in total. The summed E-state index contributed by atoms with van der Waals surface area (Å²) in [5, 5.41) is 12.2. The molecule has 1 rings (SSSR count). The maximum absolute atomic E-state index is 11.8. The van der Waals surface area contributed by atoms with E-state index < -0.39 is 5.97 Å². The minimum Gasteiger partial charge on any atom is -0.481 e. The van der Waals surface area contributed by atoms with Crippen LogP contribution < -0.4 is 5.32 Å². The zero-order chi connectivity index (χ0) is 14.4. The van der Waals surface area contributed by atoms with Gasteiger partial charge in [-0.3, -0.25) is 9.59 Å². The van der Waals surface area contributed by atoms with Gasteiger partial charge in [0.1, 0.15) is 0 Å². The molecule has 0 bridgehead atoms. The van der Waals surface area contributed by atoms with Crippen molar-refractivity contribution in [2.24, 2.45) is 0 Å². The van der Waals surface area contributed by atoms with Crippen LogP contribution in [-0.4, -0.2) is 23.0 Å². The molecule has 104 valence electrons. The van der Waals surface area contributed by atoms with Gasteiger partial charge in [-0.05, 0) is 31.0 Å². The SMILES string of the molecule is CC(CCC(=O)O)NC(=O)Cc1c(Cl)cccc1Cl. The molecule has 1 aromatic rings. The molecule has 0 saturated carbocycles. The molecule has 1 aromatic carbocycles. The normalized spacial score (nSPS) is 11.9. The summed E-state index contributed by atoms with van der Waals surface area (Å²) < 4.78 is 0. The van der Waals surface area contributed by atoms with Gasteiger partial charge in [0.2, 0.25) is 5.91 Å². The topological polar surface area (TPSA) is 66.4 Å². The summed E-state index contributed by atoms with van der Waals surface area (Å²) >= 11 is 11.9. The summed E-state index contributed by atoms with van der Waals surface area (Å²) in [5.74, 6) is -1.11. The maximum atomic E-state index is 11.8. The van der Waals surface area contributed by atoms with Gasteiger partial charge in [-0.2, -0.15) is 0 Å². The Hall–Kier alpha value is -1.26. The number of halogens is 2. The van der Waals surface area contributed by atoms with E-state index in [1.54, 1.807) is 25.1 Å². The lowest BCUT2D eigenvalue weighted by Gasteiger charge is -2.13. The average Bonchev–Trinajstić information content (AvgIpc) is 2.31. The quantitative estimate of drug-likeness (QED) is 0.849. The molecule has 0 aliphatic rings. The number of carboxylic acids is 1. The molecule has 19 heavy (non-hydrogen) atoms. The fraction of sp³-hybridized carbons (Fsp3) is 0.385. The summed E-state index contributed by atoms with van der Waals surface area (Å²) in [6.07, 6.45) is 0.488. The van der Waals surface area contributed by atoms with Crippen molar-refractivity contribution in [2.75, 3.05) is 0 Å². The number of carbonyl (C=O) groups is 2. The Morgan fingerprint density at radius 1 is 1.32 bits per heavy atom. The van der Waals surface area contributed by atoms with Crippen molar-refractivity contribution in [2.45, 2.75) is 32.2 Å². The summed E-state index contributed by atoms with van der Waals surface area (Å²) in [7, 11) is 0. The highest BCUT2D eigenvalue weighted by Crippen LogP contribution is 2.24. The van der Waals surface area contributed by atoms with Gasteiger partial charge in [-0.1, -0.05) is 29.3 Å². The van der Waals surface area contributed by atoms with Crippen LogP contribution in [0.25, 0.3) is 0 Å². The number of amides is 1. The summed E-state index contributed by atoms with van der Waals surface area (Å²) in [6.45, 7) is 1.76. The summed E-state index contributed by atoms with van der Waals surface area (Å²) in [5.41, 5.74) is 0.578. The second kappa shape index (κ2) is 7.36. The van der Waals surface area contributed by atoms with Crippen LogP contribution in [0, 0.1) is 0 Å². The van der Waals surface area contributed by atoms with Crippen molar-refractivity contribution in [1.82, 2.24) is 5.32 Å². The van der Waals surface area contributed by atoms with Crippen molar-refractivity contribution in [3.05, 3.63) is 33.8 Å². The highest BCUT2D eigenvalue weighted by molar-refractivity contribution is 6.36. The monoisotopic (exact) mass is 303 g/mol. The van der Waals surface area contributed by atoms with Crippen LogP contribution in [0.3, 0.4) is 0 Å². The Morgan fingerprint density at radius 2 is 1.89 bits per heavy atom. The minimum absolute atomic E-state index is 0.0221. The van der Waals surface area contributed by atoms with Crippen LogP contribution in [0.2, 0.25) is 10.0 Å². The first-order valence-electron chi connectivity index (χ1n) is 5.84. The van der Waals surface area contributed by atoms with Crippen LogP contribution in [0.1, 0.15) is 25.3 Å². The van der Waals surface area contributed by atoms with Gasteiger partial charge in [-0.15, -0.1) is 0 Å². The van der Waals surface area contributed by atoms with Crippen molar-refractivity contribution < 1.29 is 14.7 Å². The third-order valence-corrected chi connectivity index (χ3v) is 3.31. The Morgan fingerprint density at radius 3 is 2.42 bits per heavy atom. The van der Waals surface area contributed by atoms with E-state index in [0.29, 0.717) is 22.0 Å². The first-order chi connectivity index (χ1) is 8.90. The molecule has 0 aromatic heterocycles. The van der Waals surface area contributed by atoms with Crippen molar-refractivity contribution in [3.8, 4) is 0 Å². The molecule has 1 amide bonds. The fourth-order valence-corrected chi connectivity index (χ4v) is 2.13. The van der Waals surface area contributed by atoms with Crippen molar-refractivity contribution in [1.29, 1.82) is 0 Å². The molecule has 0 saturated heterocycles. The van der Waals surface area contributed by atoms with E-state index in [-0.39, 0.29) is 24.8 Å². The molecule has 0 heterocycles. The fourth-order valence-electron chi connectivity index (χ4n) is 1.60. The lowest BCUT2D eigenvalue weighted by Crippen LogP contribution is -2.34. The standard InChI is InChI=1S/C13H15Cl2NO3/c1-8(5-6-13(18)19)16-12(17)7-9-10(14)3-2-4-11(9)15/h2-4,8H,5-7H2,1H3,(H,16,17)(H,18,19). The van der Waals surface area contributed by atoms with Gasteiger partial charge in [0.05, 0.1) is 6.42 Å². The van der Waals surface area contributed by atoms with E-state index in [1.807, 2.05) is 0 Å². The lowest BCUT2D eigenvalue weighted by atomic mass is 10.1. The largest absolute Gasteiger partial charge is 0.481 e. The van der Waals surface area contributed by atoms with E-state index in [0.717, 1.165) is 0 Å². The molecular weight excluding hydrogens is 289 g/mol. The Kier molecular flexibility index (Phi) is 6.12. The number of rotatable bonds is 6. The van der Waals surface area contributed by atoms with Crippen LogP contribution in [0.5, 0.6) is 0 Å². The van der Waals surface area contributed by atoms with Crippen LogP contribution in [-0.2, 0) is 16.0 Å². The van der Waals surface area contributed by atoms with Crippen LogP contribution in [0.15, 0.2) is 18.2 Å². The molecule has 0 radical (unpaired) electrons. The summed E-state index contributed by atoms with van der Waals surface area (Å²) in [6, 6.07) is 4.85. The van der Waals surface area contributed by atoms with E-state index in [4.69, 9.17) is 28.3 Å². The predicted octanol–water partition coefficient (Wildman–Crippen LogP) is 2.91. The van der Waals surface area contributed by atoms with Gasteiger partial charge in [-0.25, -0.2) is 0 Å². The first-order valence-corrected chi connectivity index (χ1v) is 6.59.